The van der Waals surface area contributed by atoms with E-state index in [1.54, 1.807) is 0 Å². The molecule has 1 aromatic rings. The molecule has 0 heterocycles. The molecule has 0 aliphatic heterocycles. The van der Waals surface area contributed by atoms with Gasteiger partial charge in [0.15, 0.2) is 0 Å². The molecule has 0 fully saturated rings. The van der Waals surface area contributed by atoms with Crippen LogP contribution in [0.15, 0.2) is 24.3 Å². The Bertz CT molecular complexity index is 304. The van der Waals surface area contributed by atoms with E-state index in [1.807, 2.05) is 6.92 Å². The van der Waals surface area contributed by atoms with Crippen molar-refractivity contribution < 1.29 is 4.74 Å². The minimum Gasteiger partial charge on any atom is -0.380 e. The van der Waals surface area contributed by atoms with Crippen LogP contribution in [0.2, 0.25) is 0 Å². The molecular formula is C15H25NO. The van der Waals surface area contributed by atoms with Crippen LogP contribution in [-0.4, -0.2) is 19.8 Å². The summed E-state index contributed by atoms with van der Waals surface area (Å²) in [5.41, 5.74) is 2.80. The second-order valence-electron chi connectivity index (χ2n) is 4.22. The van der Waals surface area contributed by atoms with Gasteiger partial charge in [-0.05, 0) is 37.4 Å². The molecule has 0 aliphatic rings. The van der Waals surface area contributed by atoms with Crippen LogP contribution in [0.3, 0.4) is 0 Å². The van der Waals surface area contributed by atoms with Crippen molar-refractivity contribution in [2.45, 2.75) is 39.7 Å². The highest BCUT2D eigenvalue weighted by Gasteiger charge is 2.13. The molecule has 0 saturated carbocycles. The molecule has 2 heteroatoms. The molecule has 0 bridgehead atoms. The van der Waals surface area contributed by atoms with Crippen molar-refractivity contribution in [2.75, 3.05) is 19.8 Å². The van der Waals surface area contributed by atoms with Crippen molar-refractivity contribution >= 4 is 0 Å². The van der Waals surface area contributed by atoms with E-state index in [-0.39, 0.29) is 0 Å². The van der Waals surface area contributed by atoms with Crippen LogP contribution < -0.4 is 5.32 Å². The highest BCUT2D eigenvalue weighted by molar-refractivity contribution is 5.30. The summed E-state index contributed by atoms with van der Waals surface area (Å²) in [6, 6.07) is 8.97. The lowest BCUT2D eigenvalue weighted by atomic mass is 9.99. The number of ether oxygens (including phenoxy) is 1. The minimum atomic E-state index is 0.325. The molecule has 1 unspecified atom stereocenters. The molecule has 1 aromatic carbocycles. The van der Waals surface area contributed by atoms with Gasteiger partial charge in [-0.2, -0.15) is 0 Å². The van der Waals surface area contributed by atoms with Crippen LogP contribution in [0.4, 0.5) is 0 Å². The molecule has 1 N–H and O–H groups in total. The standard InChI is InChI=1S/C15H25NO/c1-4-11-16-15(12-17-6-3)14-10-8-7-9-13(14)5-2/h7-10,15-16H,4-6,11-12H2,1-3H3. The molecule has 2 nitrogen and oxygen atoms in total. The Kier molecular flexibility index (Phi) is 6.90. The Morgan fingerprint density at radius 3 is 2.59 bits per heavy atom. The van der Waals surface area contributed by atoms with E-state index in [9.17, 15) is 0 Å². The van der Waals surface area contributed by atoms with Gasteiger partial charge in [0, 0.05) is 6.61 Å². The molecule has 17 heavy (non-hydrogen) atoms. The van der Waals surface area contributed by atoms with E-state index in [0.29, 0.717) is 6.04 Å². The van der Waals surface area contributed by atoms with Gasteiger partial charge in [-0.25, -0.2) is 0 Å². The van der Waals surface area contributed by atoms with Gasteiger partial charge >= 0.3 is 0 Å². The number of hydrogen-bond donors (Lipinski definition) is 1. The normalized spacial score (nSPS) is 12.6. The van der Waals surface area contributed by atoms with Crippen LogP contribution in [0.5, 0.6) is 0 Å². The van der Waals surface area contributed by atoms with E-state index >= 15 is 0 Å². The van der Waals surface area contributed by atoms with Crippen molar-refractivity contribution in [3.63, 3.8) is 0 Å². The van der Waals surface area contributed by atoms with Crippen molar-refractivity contribution in [3.8, 4) is 0 Å². The summed E-state index contributed by atoms with van der Waals surface area (Å²) in [6.45, 7) is 9.01. The predicted molar refractivity (Wildman–Crippen MR) is 73.3 cm³/mol. The summed E-state index contributed by atoms with van der Waals surface area (Å²) in [6.07, 6.45) is 2.23. The lowest BCUT2D eigenvalue weighted by molar-refractivity contribution is 0.123. The molecule has 1 atom stereocenters. The summed E-state index contributed by atoms with van der Waals surface area (Å²) in [7, 11) is 0. The fourth-order valence-corrected chi connectivity index (χ4v) is 2.01. The van der Waals surface area contributed by atoms with E-state index in [0.717, 1.165) is 32.6 Å². The smallest absolute Gasteiger partial charge is 0.0661 e. The van der Waals surface area contributed by atoms with E-state index in [4.69, 9.17) is 4.74 Å². The Labute approximate surface area is 105 Å². The fraction of sp³-hybridized carbons (Fsp3) is 0.600. The van der Waals surface area contributed by atoms with Crippen LogP contribution in [0, 0.1) is 0 Å². The zero-order chi connectivity index (χ0) is 12.5. The SMILES string of the molecule is CCCNC(COCC)c1ccccc1CC. The van der Waals surface area contributed by atoms with E-state index < -0.39 is 0 Å². The third-order valence-corrected chi connectivity index (χ3v) is 2.94. The van der Waals surface area contributed by atoms with Crippen molar-refractivity contribution in [2.24, 2.45) is 0 Å². The van der Waals surface area contributed by atoms with Gasteiger partial charge < -0.3 is 10.1 Å². The second kappa shape index (κ2) is 8.26. The fourth-order valence-electron chi connectivity index (χ4n) is 2.01. The highest BCUT2D eigenvalue weighted by atomic mass is 16.5. The zero-order valence-corrected chi connectivity index (χ0v) is 11.3. The average Bonchev–Trinajstić information content (AvgIpc) is 2.39. The van der Waals surface area contributed by atoms with Crippen LogP contribution in [0.1, 0.15) is 44.4 Å². The number of benzene rings is 1. The van der Waals surface area contributed by atoms with Gasteiger partial charge in [-0.15, -0.1) is 0 Å². The average molecular weight is 235 g/mol. The lowest BCUT2D eigenvalue weighted by Crippen LogP contribution is -2.27. The molecule has 0 spiro atoms. The van der Waals surface area contributed by atoms with Crippen LogP contribution in [-0.2, 0) is 11.2 Å². The maximum Gasteiger partial charge on any atom is 0.0661 e. The highest BCUT2D eigenvalue weighted by Crippen LogP contribution is 2.19. The first-order valence-corrected chi connectivity index (χ1v) is 6.72. The summed E-state index contributed by atoms with van der Waals surface area (Å²) in [5, 5.41) is 3.57. The second-order valence-corrected chi connectivity index (χ2v) is 4.22. The van der Waals surface area contributed by atoms with Crippen molar-refractivity contribution in [1.82, 2.24) is 5.32 Å². The molecule has 1 rings (SSSR count). The number of rotatable bonds is 8. The predicted octanol–water partition coefficient (Wildman–Crippen LogP) is 3.33. The Hall–Kier alpha value is -0.860. The molecular weight excluding hydrogens is 210 g/mol. The topological polar surface area (TPSA) is 21.3 Å². The first-order valence-electron chi connectivity index (χ1n) is 6.72. The summed E-state index contributed by atoms with van der Waals surface area (Å²) in [4.78, 5) is 0. The Morgan fingerprint density at radius 2 is 1.94 bits per heavy atom. The molecule has 0 saturated heterocycles. The van der Waals surface area contributed by atoms with Crippen LogP contribution >= 0.6 is 0 Å². The molecule has 0 radical (unpaired) electrons. The zero-order valence-electron chi connectivity index (χ0n) is 11.3. The summed E-state index contributed by atoms with van der Waals surface area (Å²) in [5.74, 6) is 0. The van der Waals surface area contributed by atoms with Crippen molar-refractivity contribution in [1.29, 1.82) is 0 Å². The molecule has 96 valence electrons. The first-order chi connectivity index (χ1) is 8.33. The molecule has 0 aromatic heterocycles. The van der Waals surface area contributed by atoms with Gasteiger partial charge in [-0.3, -0.25) is 0 Å². The van der Waals surface area contributed by atoms with E-state index in [2.05, 4.69) is 43.4 Å². The third-order valence-electron chi connectivity index (χ3n) is 2.94. The van der Waals surface area contributed by atoms with Crippen LogP contribution in [0.25, 0.3) is 0 Å². The monoisotopic (exact) mass is 235 g/mol. The summed E-state index contributed by atoms with van der Waals surface area (Å²) < 4.78 is 5.58. The Morgan fingerprint density at radius 1 is 1.18 bits per heavy atom. The Balaban J connectivity index is 2.78. The maximum absolute atomic E-state index is 5.58. The third kappa shape index (κ3) is 4.49. The number of nitrogens with one attached hydrogen (secondary N) is 1. The summed E-state index contributed by atoms with van der Waals surface area (Å²) >= 11 is 0. The molecule has 0 amide bonds. The number of hydrogen-bond acceptors (Lipinski definition) is 2. The number of aryl methyl sites for hydroxylation is 1. The largest absolute Gasteiger partial charge is 0.380 e. The van der Waals surface area contributed by atoms with Crippen molar-refractivity contribution in [3.05, 3.63) is 35.4 Å². The van der Waals surface area contributed by atoms with Gasteiger partial charge in [0.25, 0.3) is 0 Å². The van der Waals surface area contributed by atoms with Gasteiger partial charge in [0.2, 0.25) is 0 Å². The minimum absolute atomic E-state index is 0.325. The quantitative estimate of drug-likeness (QED) is 0.746. The first kappa shape index (κ1) is 14.2. The van der Waals surface area contributed by atoms with E-state index in [1.165, 1.54) is 11.1 Å². The van der Waals surface area contributed by atoms with Gasteiger partial charge in [0.05, 0.1) is 12.6 Å². The van der Waals surface area contributed by atoms with Gasteiger partial charge in [0.1, 0.15) is 0 Å². The lowest BCUT2D eigenvalue weighted by Gasteiger charge is -2.21. The van der Waals surface area contributed by atoms with Gasteiger partial charge in [-0.1, -0.05) is 38.1 Å². The molecule has 0 aliphatic carbocycles. The maximum atomic E-state index is 5.58.